The van der Waals surface area contributed by atoms with Gasteiger partial charge in [0.05, 0.1) is 6.54 Å². The number of piperidine rings is 1. The summed E-state index contributed by atoms with van der Waals surface area (Å²) in [6, 6.07) is 5.52. The molecule has 23 heavy (non-hydrogen) atoms. The molecular formula is C16H20Cl2N2O3. The monoisotopic (exact) mass is 358 g/mol. The molecular weight excluding hydrogens is 339 g/mol. The van der Waals surface area contributed by atoms with E-state index < -0.39 is 5.97 Å². The summed E-state index contributed by atoms with van der Waals surface area (Å²) in [6.45, 7) is 1.56. The Bertz CT molecular complexity index is 572. The summed E-state index contributed by atoms with van der Waals surface area (Å²) in [5.41, 5.74) is 1.07. The van der Waals surface area contributed by atoms with Gasteiger partial charge in [-0.05, 0) is 62.0 Å². The van der Waals surface area contributed by atoms with Gasteiger partial charge in [-0.1, -0.05) is 23.2 Å². The van der Waals surface area contributed by atoms with Crippen LogP contribution in [0.2, 0.25) is 10.0 Å². The Morgan fingerprint density at radius 3 is 2.61 bits per heavy atom. The molecule has 0 bridgehead atoms. The van der Waals surface area contributed by atoms with Crippen LogP contribution in [-0.2, 0) is 16.0 Å². The molecule has 0 aliphatic carbocycles. The minimum Gasteiger partial charge on any atom is -0.480 e. The molecule has 0 unspecified atom stereocenters. The number of carbonyl (C=O) groups excluding carboxylic acids is 1. The van der Waals surface area contributed by atoms with Crippen molar-refractivity contribution in [3.63, 3.8) is 0 Å². The molecule has 7 heteroatoms. The van der Waals surface area contributed by atoms with Crippen molar-refractivity contribution in [2.24, 2.45) is 5.92 Å². The summed E-state index contributed by atoms with van der Waals surface area (Å²) in [6.07, 6.45) is 2.85. The van der Waals surface area contributed by atoms with E-state index in [2.05, 4.69) is 5.32 Å². The second kappa shape index (κ2) is 8.52. The Morgan fingerprint density at radius 1 is 1.26 bits per heavy atom. The summed E-state index contributed by atoms with van der Waals surface area (Å²) in [5, 5.41) is 12.4. The van der Waals surface area contributed by atoms with E-state index in [-0.39, 0.29) is 19.0 Å². The van der Waals surface area contributed by atoms with Crippen LogP contribution in [0.4, 0.5) is 0 Å². The van der Waals surface area contributed by atoms with Crippen LogP contribution in [0.1, 0.15) is 18.4 Å². The maximum absolute atomic E-state index is 11.6. The molecule has 1 saturated heterocycles. The van der Waals surface area contributed by atoms with Crippen molar-refractivity contribution >= 4 is 35.1 Å². The van der Waals surface area contributed by atoms with Crippen molar-refractivity contribution in [1.29, 1.82) is 0 Å². The van der Waals surface area contributed by atoms with Crippen LogP contribution < -0.4 is 5.32 Å². The average molecular weight is 359 g/mol. The quantitative estimate of drug-likeness (QED) is 0.819. The topological polar surface area (TPSA) is 69.6 Å². The third-order valence-electron chi connectivity index (χ3n) is 4.03. The highest BCUT2D eigenvalue weighted by molar-refractivity contribution is 6.33. The van der Waals surface area contributed by atoms with Gasteiger partial charge < -0.3 is 10.4 Å². The van der Waals surface area contributed by atoms with Crippen LogP contribution in [0.3, 0.4) is 0 Å². The van der Waals surface area contributed by atoms with Gasteiger partial charge >= 0.3 is 5.97 Å². The van der Waals surface area contributed by atoms with Gasteiger partial charge in [-0.25, -0.2) is 0 Å². The van der Waals surface area contributed by atoms with Crippen molar-refractivity contribution in [2.75, 3.05) is 26.2 Å². The number of hydrogen-bond donors (Lipinski definition) is 2. The molecule has 0 radical (unpaired) electrons. The van der Waals surface area contributed by atoms with Gasteiger partial charge in [-0.3, -0.25) is 14.5 Å². The van der Waals surface area contributed by atoms with Crippen molar-refractivity contribution in [3.05, 3.63) is 33.8 Å². The van der Waals surface area contributed by atoms with Gasteiger partial charge in [0.1, 0.15) is 6.54 Å². The Kier molecular flexibility index (Phi) is 6.69. The molecule has 1 fully saturated rings. The first-order chi connectivity index (χ1) is 10.9. The molecule has 0 spiro atoms. The van der Waals surface area contributed by atoms with Crippen molar-refractivity contribution < 1.29 is 14.7 Å². The average Bonchev–Trinajstić information content (AvgIpc) is 2.51. The molecule has 2 N–H and O–H groups in total. The first-order valence-electron chi connectivity index (χ1n) is 7.59. The maximum Gasteiger partial charge on any atom is 0.322 e. The molecule has 1 amide bonds. The van der Waals surface area contributed by atoms with Crippen LogP contribution in [0.15, 0.2) is 18.2 Å². The van der Waals surface area contributed by atoms with Crippen molar-refractivity contribution in [2.45, 2.75) is 19.3 Å². The zero-order valence-electron chi connectivity index (χ0n) is 12.7. The second-order valence-corrected chi connectivity index (χ2v) is 6.67. The van der Waals surface area contributed by atoms with Crippen LogP contribution in [0.25, 0.3) is 0 Å². The van der Waals surface area contributed by atoms with Crippen LogP contribution >= 0.6 is 23.2 Å². The molecule has 0 aromatic heterocycles. The number of carbonyl (C=O) groups is 2. The summed E-state index contributed by atoms with van der Waals surface area (Å²) in [4.78, 5) is 24.1. The maximum atomic E-state index is 11.6. The molecule has 0 atom stereocenters. The van der Waals surface area contributed by atoms with E-state index in [4.69, 9.17) is 28.3 Å². The minimum atomic E-state index is -1.03. The Balaban J connectivity index is 1.76. The summed E-state index contributed by atoms with van der Waals surface area (Å²) >= 11 is 12.2. The zero-order chi connectivity index (χ0) is 16.8. The SMILES string of the molecule is O=C(O)CNC(=O)CN1CCC(Cc2cc(Cl)ccc2Cl)CC1. The molecule has 1 aliphatic rings. The summed E-state index contributed by atoms with van der Waals surface area (Å²) in [5.74, 6) is -0.761. The van der Waals surface area contributed by atoms with Gasteiger partial charge in [-0.15, -0.1) is 0 Å². The number of nitrogens with one attached hydrogen (secondary N) is 1. The lowest BCUT2D eigenvalue weighted by molar-refractivity contribution is -0.138. The highest BCUT2D eigenvalue weighted by Crippen LogP contribution is 2.27. The van der Waals surface area contributed by atoms with E-state index in [1.165, 1.54) is 0 Å². The number of carboxylic acid groups (broad SMARTS) is 1. The predicted molar refractivity (Wildman–Crippen MR) is 90.0 cm³/mol. The Labute approximate surface area is 145 Å². The zero-order valence-corrected chi connectivity index (χ0v) is 14.2. The smallest absolute Gasteiger partial charge is 0.322 e. The molecule has 5 nitrogen and oxygen atoms in total. The standard InChI is InChI=1S/C16H20Cl2N2O3/c17-13-1-2-14(18)12(8-13)7-11-3-5-20(6-4-11)10-15(21)19-9-16(22)23/h1-2,8,11H,3-7,9-10H2,(H,19,21)(H,22,23). The fourth-order valence-corrected chi connectivity index (χ4v) is 3.18. The van der Waals surface area contributed by atoms with E-state index >= 15 is 0 Å². The highest BCUT2D eigenvalue weighted by Gasteiger charge is 2.22. The van der Waals surface area contributed by atoms with Gasteiger partial charge in [0.25, 0.3) is 0 Å². The molecule has 126 valence electrons. The molecule has 0 saturated carbocycles. The number of carboxylic acids is 1. The normalized spacial score (nSPS) is 16.3. The van der Waals surface area contributed by atoms with Crippen LogP contribution in [0.5, 0.6) is 0 Å². The lowest BCUT2D eigenvalue weighted by atomic mass is 9.90. The number of rotatable bonds is 6. The number of halogens is 2. The number of amides is 1. The van der Waals surface area contributed by atoms with Gasteiger partial charge in [0.2, 0.25) is 5.91 Å². The third-order valence-corrected chi connectivity index (χ3v) is 4.63. The Morgan fingerprint density at radius 2 is 1.96 bits per heavy atom. The number of likely N-dealkylation sites (tertiary alicyclic amines) is 1. The summed E-state index contributed by atoms with van der Waals surface area (Å²) < 4.78 is 0. The van der Waals surface area contributed by atoms with E-state index in [1.54, 1.807) is 6.07 Å². The lowest BCUT2D eigenvalue weighted by Gasteiger charge is -2.31. The first-order valence-corrected chi connectivity index (χ1v) is 8.34. The number of benzene rings is 1. The number of aliphatic carboxylic acids is 1. The molecule has 1 aromatic carbocycles. The minimum absolute atomic E-state index is 0.247. The van der Waals surface area contributed by atoms with E-state index in [1.807, 2.05) is 17.0 Å². The number of nitrogens with zero attached hydrogens (tertiary/aromatic N) is 1. The lowest BCUT2D eigenvalue weighted by Crippen LogP contribution is -2.42. The van der Waals surface area contributed by atoms with E-state index in [9.17, 15) is 9.59 Å². The van der Waals surface area contributed by atoms with Crippen LogP contribution in [0, 0.1) is 5.92 Å². The molecule has 1 heterocycles. The fourth-order valence-electron chi connectivity index (χ4n) is 2.79. The Hall–Kier alpha value is -1.30. The van der Waals surface area contributed by atoms with Gasteiger partial charge in [-0.2, -0.15) is 0 Å². The number of hydrogen-bond acceptors (Lipinski definition) is 3. The first kappa shape index (κ1) is 18.0. The third kappa shape index (κ3) is 6.01. The van der Waals surface area contributed by atoms with Gasteiger partial charge in [0, 0.05) is 10.0 Å². The molecule has 1 aromatic rings. The van der Waals surface area contributed by atoms with E-state index in [0.29, 0.717) is 10.9 Å². The summed E-state index contributed by atoms with van der Waals surface area (Å²) in [7, 11) is 0. The second-order valence-electron chi connectivity index (χ2n) is 5.83. The fraction of sp³-hybridized carbons (Fsp3) is 0.500. The van der Waals surface area contributed by atoms with Crippen LogP contribution in [-0.4, -0.2) is 48.1 Å². The van der Waals surface area contributed by atoms with Crippen molar-refractivity contribution in [1.82, 2.24) is 10.2 Å². The molecule has 1 aliphatic heterocycles. The predicted octanol–water partition coefficient (Wildman–Crippen LogP) is 2.45. The molecule has 2 rings (SSSR count). The van der Waals surface area contributed by atoms with Gasteiger partial charge in [0.15, 0.2) is 0 Å². The van der Waals surface area contributed by atoms with Crippen molar-refractivity contribution in [3.8, 4) is 0 Å². The highest BCUT2D eigenvalue weighted by atomic mass is 35.5. The van der Waals surface area contributed by atoms with E-state index in [0.717, 1.165) is 42.9 Å². The largest absolute Gasteiger partial charge is 0.480 e.